The van der Waals surface area contributed by atoms with Crippen molar-refractivity contribution in [2.75, 3.05) is 7.11 Å². The van der Waals surface area contributed by atoms with E-state index in [4.69, 9.17) is 11.0 Å². The summed E-state index contributed by atoms with van der Waals surface area (Å²) in [5.74, 6) is -0.999. The first-order chi connectivity index (χ1) is 7.52. The number of carbonyl (C=O) groups excluding carboxylic acids is 1. The van der Waals surface area contributed by atoms with Gasteiger partial charge in [-0.15, -0.1) is 12.4 Å². The van der Waals surface area contributed by atoms with E-state index in [1.54, 1.807) is 6.07 Å². The van der Waals surface area contributed by atoms with Gasteiger partial charge in [0.2, 0.25) is 0 Å². The predicted molar refractivity (Wildman–Crippen MR) is 66.7 cm³/mol. The maximum absolute atomic E-state index is 11.3. The standard InChI is InChI=1S/C10H9BrN2O3.ClH/c1-16-10(15)8(13)7-6(11)3-2-5(4-12)9(7)14;/h2-3,8,14H,13H2,1H3;1H/t8-;/m0./s1. The Morgan fingerprint density at radius 3 is 2.71 bits per heavy atom. The largest absolute Gasteiger partial charge is 0.506 e. The number of benzene rings is 1. The molecular weight excluding hydrogens is 311 g/mol. The lowest BCUT2D eigenvalue weighted by molar-refractivity contribution is -0.142. The highest BCUT2D eigenvalue weighted by atomic mass is 79.9. The van der Waals surface area contributed by atoms with Crippen LogP contribution in [0.4, 0.5) is 0 Å². The maximum Gasteiger partial charge on any atom is 0.327 e. The molecule has 92 valence electrons. The molecule has 17 heavy (non-hydrogen) atoms. The van der Waals surface area contributed by atoms with Crippen molar-refractivity contribution >= 4 is 34.3 Å². The van der Waals surface area contributed by atoms with E-state index in [0.29, 0.717) is 4.47 Å². The average molecular weight is 322 g/mol. The fourth-order valence-corrected chi connectivity index (χ4v) is 1.78. The fraction of sp³-hybridized carbons (Fsp3) is 0.200. The quantitative estimate of drug-likeness (QED) is 0.807. The van der Waals surface area contributed by atoms with Gasteiger partial charge in [-0.1, -0.05) is 15.9 Å². The second-order valence-electron chi connectivity index (χ2n) is 2.97. The van der Waals surface area contributed by atoms with E-state index in [1.807, 2.05) is 0 Å². The van der Waals surface area contributed by atoms with Gasteiger partial charge in [0, 0.05) is 10.0 Å². The third kappa shape index (κ3) is 3.09. The molecule has 0 bridgehead atoms. The Labute approximate surface area is 113 Å². The molecule has 0 heterocycles. The van der Waals surface area contributed by atoms with Crippen LogP contribution >= 0.6 is 28.3 Å². The third-order valence-electron chi connectivity index (χ3n) is 2.05. The van der Waals surface area contributed by atoms with Crippen LogP contribution in [0.15, 0.2) is 16.6 Å². The summed E-state index contributed by atoms with van der Waals surface area (Å²) in [7, 11) is 1.20. The van der Waals surface area contributed by atoms with Crippen molar-refractivity contribution in [2.45, 2.75) is 6.04 Å². The second kappa shape index (κ2) is 6.45. The summed E-state index contributed by atoms with van der Waals surface area (Å²) >= 11 is 3.15. The highest BCUT2D eigenvalue weighted by Crippen LogP contribution is 2.33. The van der Waals surface area contributed by atoms with Crippen molar-refractivity contribution in [1.82, 2.24) is 0 Å². The summed E-state index contributed by atoms with van der Waals surface area (Å²) in [6, 6.07) is 3.63. The van der Waals surface area contributed by atoms with Crippen molar-refractivity contribution in [3.8, 4) is 11.8 Å². The second-order valence-corrected chi connectivity index (χ2v) is 3.82. The number of hydrogen-bond acceptors (Lipinski definition) is 5. The van der Waals surface area contributed by atoms with Gasteiger partial charge in [-0.3, -0.25) is 4.79 Å². The smallest absolute Gasteiger partial charge is 0.327 e. The summed E-state index contributed by atoms with van der Waals surface area (Å²) in [5, 5.41) is 18.5. The minimum Gasteiger partial charge on any atom is -0.506 e. The number of hydrogen-bond donors (Lipinski definition) is 2. The van der Waals surface area contributed by atoms with E-state index in [-0.39, 0.29) is 29.3 Å². The molecule has 3 N–H and O–H groups in total. The number of rotatable bonds is 2. The summed E-state index contributed by atoms with van der Waals surface area (Å²) < 4.78 is 4.92. The number of aromatic hydroxyl groups is 1. The molecule has 0 fully saturated rings. The van der Waals surface area contributed by atoms with Gasteiger partial charge in [0.05, 0.1) is 12.7 Å². The van der Waals surface area contributed by atoms with Crippen LogP contribution < -0.4 is 5.73 Å². The van der Waals surface area contributed by atoms with E-state index < -0.39 is 12.0 Å². The molecule has 5 nitrogen and oxygen atoms in total. The van der Waals surface area contributed by atoms with Crippen LogP contribution in [-0.2, 0) is 9.53 Å². The molecule has 7 heteroatoms. The molecule has 0 saturated carbocycles. The number of carbonyl (C=O) groups is 1. The zero-order chi connectivity index (χ0) is 12.3. The highest BCUT2D eigenvalue weighted by Gasteiger charge is 2.24. The molecule has 0 aliphatic carbocycles. The molecule has 1 rings (SSSR count). The molecule has 0 aliphatic heterocycles. The predicted octanol–water partition coefficient (Wildman–Crippen LogP) is 1.62. The number of esters is 1. The van der Waals surface area contributed by atoms with Crippen LogP contribution in [0.2, 0.25) is 0 Å². The molecule has 0 radical (unpaired) electrons. The molecule has 1 aromatic carbocycles. The van der Waals surface area contributed by atoms with Crippen LogP contribution in [0.3, 0.4) is 0 Å². The first-order valence-electron chi connectivity index (χ1n) is 4.27. The summed E-state index contributed by atoms with van der Waals surface area (Å²) in [6.45, 7) is 0. The minimum absolute atomic E-state index is 0. The Morgan fingerprint density at radius 1 is 1.65 bits per heavy atom. The van der Waals surface area contributed by atoms with E-state index in [9.17, 15) is 9.90 Å². The summed E-state index contributed by atoms with van der Waals surface area (Å²) in [4.78, 5) is 11.3. The molecule has 1 atom stereocenters. The topological polar surface area (TPSA) is 96.3 Å². The third-order valence-corrected chi connectivity index (χ3v) is 2.74. The molecule has 0 aliphatic rings. The van der Waals surface area contributed by atoms with Crippen LogP contribution in [0.25, 0.3) is 0 Å². The summed E-state index contributed by atoms with van der Waals surface area (Å²) in [5.41, 5.74) is 5.80. The lowest BCUT2D eigenvalue weighted by atomic mass is 10.0. The number of nitrogens with two attached hydrogens (primary N) is 1. The van der Waals surface area contributed by atoms with Gasteiger partial charge in [0.25, 0.3) is 0 Å². The molecule has 0 aromatic heterocycles. The molecular formula is C10H10BrClN2O3. The Kier molecular flexibility index (Phi) is 5.96. The Balaban J connectivity index is 0.00000256. The first kappa shape index (κ1) is 15.7. The minimum atomic E-state index is -1.13. The van der Waals surface area contributed by atoms with Crippen molar-refractivity contribution in [3.05, 3.63) is 27.7 Å². The van der Waals surface area contributed by atoms with Crippen molar-refractivity contribution < 1.29 is 14.6 Å². The van der Waals surface area contributed by atoms with Gasteiger partial charge in [0.15, 0.2) is 0 Å². The molecule has 0 spiro atoms. The molecule has 0 saturated heterocycles. The van der Waals surface area contributed by atoms with Gasteiger partial charge in [0.1, 0.15) is 17.9 Å². The maximum atomic E-state index is 11.3. The zero-order valence-electron chi connectivity index (χ0n) is 8.81. The van der Waals surface area contributed by atoms with E-state index in [0.717, 1.165) is 0 Å². The van der Waals surface area contributed by atoms with Gasteiger partial charge in [-0.2, -0.15) is 5.26 Å². The number of ether oxygens (including phenoxy) is 1. The van der Waals surface area contributed by atoms with Gasteiger partial charge >= 0.3 is 5.97 Å². The van der Waals surface area contributed by atoms with Crippen LogP contribution in [0, 0.1) is 11.3 Å². The molecule has 0 amide bonds. The van der Waals surface area contributed by atoms with Crippen molar-refractivity contribution in [3.63, 3.8) is 0 Å². The number of nitrogens with zero attached hydrogens (tertiary/aromatic N) is 1. The van der Waals surface area contributed by atoms with Crippen molar-refractivity contribution in [2.24, 2.45) is 5.73 Å². The van der Waals surface area contributed by atoms with Crippen molar-refractivity contribution in [1.29, 1.82) is 5.26 Å². The highest BCUT2D eigenvalue weighted by molar-refractivity contribution is 9.10. The first-order valence-corrected chi connectivity index (χ1v) is 5.07. The lowest BCUT2D eigenvalue weighted by Crippen LogP contribution is -2.23. The Morgan fingerprint density at radius 2 is 2.24 bits per heavy atom. The zero-order valence-corrected chi connectivity index (χ0v) is 11.2. The van der Waals surface area contributed by atoms with Crippen LogP contribution in [-0.4, -0.2) is 18.2 Å². The van der Waals surface area contributed by atoms with Gasteiger partial charge in [-0.25, -0.2) is 0 Å². The van der Waals surface area contributed by atoms with Gasteiger partial charge < -0.3 is 15.6 Å². The lowest BCUT2D eigenvalue weighted by Gasteiger charge is -2.13. The molecule has 1 aromatic rings. The van der Waals surface area contributed by atoms with Crippen LogP contribution in [0.1, 0.15) is 17.2 Å². The fourth-order valence-electron chi connectivity index (χ4n) is 1.21. The monoisotopic (exact) mass is 320 g/mol. The van der Waals surface area contributed by atoms with E-state index in [2.05, 4.69) is 20.7 Å². The van der Waals surface area contributed by atoms with E-state index >= 15 is 0 Å². The van der Waals surface area contributed by atoms with E-state index in [1.165, 1.54) is 19.2 Å². The SMILES string of the molecule is COC(=O)[C@@H](N)c1c(Br)ccc(C#N)c1O.Cl. The number of nitriles is 1. The van der Waals surface area contributed by atoms with Gasteiger partial charge in [-0.05, 0) is 12.1 Å². The Bertz CT molecular complexity index is 473. The number of phenols is 1. The van der Waals surface area contributed by atoms with Crippen LogP contribution in [0.5, 0.6) is 5.75 Å². The number of phenolic OH excluding ortho intramolecular Hbond substituents is 1. The number of halogens is 2. The Hall–Kier alpha value is -1.29. The average Bonchev–Trinajstić information content (AvgIpc) is 2.28. The number of methoxy groups -OCH3 is 1. The summed E-state index contributed by atoms with van der Waals surface area (Å²) in [6.07, 6.45) is 0. The molecule has 0 unspecified atom stereocenters. The normalized spacial score (nSPS) is 10.9.